The van der Waals surface area contributed by atoms with Crippen molar-refractivity contribution in [3.8, 4) is 0 Å². The molecule has 0 aromatic heterocycles. The Labute approximate surface area is 159 Å². The first kappa shape index (κ1) is 18.8. The number of hydrogen-bond donors (Lipinski definition) is 0. The highest BCUT2D eigenvalue weighted by atomic mass is 32.2. The minimum atomic E-state index is -0.699. The maximum atomic E-state index is 12.8. The number of hydrogen-bond acceptors (Lipinski definition) is 4. The third-order valence-electron chi connectivity index (χ3n) is 4.46. The van der Waals surface area contributed by atoms with Crippen molar-refractivity contribution in [3.05, 3.63) is 65.7 Å². The summed E-state index contributed by atoms with van der Waals surface area (Å²) in [6.45, 7) is 6.66. The zero-order valence-electron chi connectivity index (χ0n) is 15.5. The highest BCUT2D eigenvalue weighted by Crippen LogP contribution is 2.38. The van der Waals surface area contributed by atoms with Crippen LogP contribution in [0.15, 0.2) is 59.5 Å². The number of thioether (sulfide) groups is 1. The molecule has 0 radical (unpaired) electrons. The fourth-order valence-corrected chi connectivity index (χ4v) is 3.80. The van der Waals surface area contributed by atoms with Gasteiger partial charge in [0, 0.05) is 4.90 Å². The fraction of sp³-hybridized carbons (Fsp3) is 0.381. The molecule has 2 aromatic rings. The van der Waals surface area contributed by atoms with E-state index in [1.54, 1.807) is 16.7 Å². The molecule has 5 heteroatoms. The average molecular weight is 372 g/mol. The molecule has 0 saturated carbocycles. The highest BCUT2D eigenvalue weighted by molar-refractivity contribution is 7.99. The van der Waals surface area contributed by atoms with Crippen LogP contribution in [0.3, 0.4) is 0 Å². The van der Waals surface area contributed by atoms with Gasteiger partial charge in [0.05, 0.1) is 12.6 Å². The number of carbonyl (C=O) groups excluding carboxylic acids is 1. The number of benzene rings is 2. The molecule has 4 nitrogen and oxygen atoms in total. The summed E-state index contributed by atoms with van der Waals surface area (Å²) in [5.41, 5.74) is 1.33. The van der Waals surface area contributed by atoms with Crippen LogP contribution in [0.1, 0.15) is 37.9 Å². The predicted molar refractivity (Wildman–Crippen MR) is 104 cm³/mol. The zero-order chi connectivity index (χ0) is 18.6. The van der Waals surface area contributed by atoms with E-state index in [1.807, 2.05) is 44.2 Å². The molecule has 3 rings (SSSR count). The first-order valence-electron chi connectivity index (χ1n) is 8.88. The summed E-state index contributed by atoms with van der Waals surface area (Å²) < 4.78 is 11.5. The molecule has 0 bridgehead atoms. The molecule has 1 atom stereocenters. The van der Waals surface area contributed by atoms with Crippen molar-refractivity contribution >= 4 is 17.9 Å². The van der Waals surface area contributed by atoms with E-state index in [0.29, 0.717) is 6.61 Å². The maximum Gasteiger partial charge on any atom is 0.412 e. The van der Waals surface area contributed by atoms with Crippen molar-refractivity contribution in [1.29, 1.82) is 0 Å². The number of ether oxygens (including phenoxy) is 2. The number of nitrogens with zero attached hydrogens (tertiary/aromatic N) is 1. The lowest BCUT2D eigenvalue weighted by atomic mass is 10.1. The predicted octanol–water partition coefficient (Wildman–Crippen LogP) is 5.24. The maximum absolute atomic E-state index is 12.8. The topological polar surface area (TPSA) is 38.8 Å². The van der Waals surface area contributed by atoms with Crippen molar-refractivity contribution in [2.45, 2.75) is 44.0 Å². The van der Waals surface area contributed by atoms with E-state index in [9.17, 15) is 4.79 Å². The van der Waals surface area contributed by atoms with Crippen LogP contribution in [0, 0.1) is 0 Å². The van der Waals surface area contributed by atoms with E-state index in [0.717, 1.165) is 16.9 Å². The second-order valence-electron chi connectivity index (χ2n) is 6.69. The van der Waals surface area contributed by atoms with Crippen LogP contribution < -0.4 is 0 Å². The summed E-state index contributed by atoms with van der Waals surface area (Å²) in [7, 11) is 0. The minimum Gasteiger partial charge on any atom is -0.444 e. The van der Waals surface area contributed by atoms with Gasteiger partial charge >= 0.3 is 6.09 Å². The van der Waals surface area contributed by atoms with Gasteiger partial charge in [-0.3, -0.25) is 4.90 Å². The second kappa shape index (κ2) is 8.14. The van der Waals surface area contributed by atoms with Crippen LogP contribution in [-0.2, 0) is 16.1 Å². The molecule has 0 spiro atoms. The van der Waals surface area contributed by atoms with Gasteiger partial charge < -0.3 is 9.47 Å². The molecule has 0 aliphatic carbocycles. The van der Waals surface area contributed by atoms with Crippen LogP contribution in [0.4, 0.5) is 4.79 Å². The quantitative estimate of drug-likeness (QED) is 0.673. The molecule has 1 fully saturated rings. The van der Waals surface area contributed by atoms with Crippen molar-refractivity contribution < 1.29 is 14.3 Å². The summed E-state index contributed by atoms with van der Waals surface area (Å²) in [5.74, 6) is 1.04. The Balaban J connectivity index is 1.74. The van der Waals surface area contributed by atoms with Gasteiger partial charge in [-0.1, -0.05) is 49.4 Å². The van der Waals surface area contributed by atoms with E-state index >= 15 is 0 Å². The highest BCUT2D eigenvalue weighted by Gasteiger charge is 2.45. The van der Waals surface area contributed by atoms with E-state index in [2.05, 4.69) is 31.2 Å². The molecule has 1 heterocycles. The van der Waals surface area contributed by atoms with Gasteiger partial charge in [0.25, 0.3) is 0 Å². The van der Waals surface area contributed by atoms with Gasteiger partial charge in [-0.15, -0.1) is 11.8 Å². The van der Waals surface area contributed by atoms with Crippen molar-refractivity contribution in [1.82, 2.24) is 4.90 Å². The largest absolute Gasteiger partial charge is 0.444 e. The molecule has 0 unspecified atom stereocenters. The van der Waals surface area contributed by atoms with Crippen LogP contribution >= 0.6 is 11.8 Å². The lowest BCUT2D eigenvalue weighted by Gasteiger charge is -2.32. The van der Waals surface area contributed by atoms with Crippen LogP contribution in [0.5, 0.6) is 0 Å². The van der Waals surface area contributed by atoms with Gasteiger partial charge in [0.2, 0.25) is 0 Å². The SMILES string of the molecule is CCSc1ccc([C@@H]2COC(C)(C)N2C(=O)OCc2ccccc2)cc1. The Kier molecular flexibility index (Phi) is 5.89. The molecule has 138 valence electrons. The number of carbonyl (C=O) groups is 1. The van der Waals surface area contributed by atoms with Crippen molar-refractivity contribution in [2.75, 3.05) is 12.4 Å². The summed E-state index contributed by atoms with van der Waals surface area (Å²) >= 11 is 1.80. The second-order valence-corrected chi connectivity index (χ2v) is 8.02. The third kappa shape index (κ3) is 4.22. The monoisotopic (exact) mass is 371 g/mol. The lowest BCUT2D eigenvalue weighted by Crippen LogP contribution is -2.45. The molecule has 1 aliphatic rings. The Morgan fingerprint density at radius 1 is 1.19 bits per heavy atom. The number of amides is 1. The standard InChI is InChI=1S/C21H25NO3S/c1-4-26-18-12-10-17(11-13-18)19-15-25-21(2,3)22(19)20(23)24-14-16-8-6-5-7-9-16/h5-13,19H,4,14-15H2,1-3H3/t19-/m0/s1. The lowest BCUT2D eigenvalue weighted by molar-refractivity contribution is -0.0493. The molecule has 2 aromatic carbocycles. The van der Waals surface area contributed by atoms with Gasteiger partial charge in [0.1, 0.15) is 12.3 Å². The van der Waals surface area contributed by atoms with Crippen molar-refractivity contribution in [3.63, 3.8) is 0 Å². The van der Waals surface area contributed by atoms with Gasteiger partial charge in [-0.2, -0.15) is 0 Å². The number of rotatable bonds is 5. The molecule has 26 heavy (non-hydrogen) atoms. The minimum absolute atomic E-state index is 0.144. The third-order valence-corrected chi connectivity index (χ3v) is 5.36. The van der Waals surface area contributed by atoms with E-state index in [-0.39, 0.29) is 18.7 Å². The molecule has 1 aliphatic heterocycles. The van der Waals surface area contributed by atoms with Crippen molar-refractivity contribution in [2.24, 2.45) is 0 Å². The Hall–Kier alpha value is -1.98. The molecular weight excluding hydrogens is 346 g/mol. The van der Waals surface area contributed by atoms with E-state index in [4.69, 9.17) is 9.47 Å². The molecule has 1 amide bonds. The average Bonchev–Trinajstić information content (AvgIpc) is 2.97. The first-order valence-corrected chi connectivity index (χ1v) is 9.86. The summed E-state index contributed by atoms with van der Waals surface area (Å²) in [6, 6.07) is 17.9. The normalized spacial score (nSPS) is 18.7. The summed E-state index contributed by atoms with van der Waals surface area (Å²) in [5, 5.41) is 0. The van der Waals surface area contributed by atoms with Gasteiger partial charge in [0.15, 0.2) is 0 Å². The Morgan fingerprint density at radius 3 is 2.54 bits per heavy atom. The van der Waals surface area contributed by atoms with Gasteiger partial charge in [-0.25, -0.2) is 4.79 Å². The summed E-state index contributed by atoms with van der Waals surface area (Å²) in [6.07, 6.45) is -0.353. The summed E-state index contributed by atoms with van der Waals surface area (Å²) in [4.78, 5) is 15.7. The van der Waals surface area contributed by atoms with Crippen LogP contribution in [0.25, 0.3) is 0 Å². The fourth-order valence-electron chi connectivity index (χ4n) is 3.14. The van der Waals surface area contributed by atoms with Crippen LogP contribution in [-0.4, -0.2) is 29.1 Å². The van der Waals surface area contributed by atoms with Crippen LogP contribution in [0.2, 0.25) is 0 Å². The first-order chi connectivity index (χ1) is 12.5. The Morgan fingerprint density at radius 2 is 1.88 bits per heavy atom. The smallest absolute Gasteiger partial charge is 0.412 e. The molecule has 0 N–H and O–H groups in total. The zero-order valence-corrected chi connectivity index (χ0v) is 16.3. The van der Waals surface area contributed by atoms with Gasteiger partial charge in [-0.05, 0) is 42.9 Å². The molecular formula is C21H25NO3S. The molecule has 1 saturated heterocycles. The van der Waals surface area contributed by atoms with E-state index < -0.39 is 5.72 Å². The Bertz CT molecular complexity index is 731. The van der Waals surface area contributed by atoms with E-state index in [1.165, 1.54) is 4.90 Å².